The number of anilines is 1. The molecule has 4 rings (SSSR count). The molecular formula is C21H18ClF4N3O3S2. The van der Waals surface area contributed by atoms with E-state index in [9.17, 15) is 26.0 Å². The Balaban J connectivity index is 1.50. The smallest absolute Gasteiger partial charge is 0.266 e. The van der Waals surface area contributed by atoms with Crippen molar-refractivity contribution in [2.24, 2.45) is 5.92 Å². The number of sulfonamides is 1. The van der Waals surface area contributed by atoms with Gasteiger partial charge in [-0.3, -0.25) is 4.72 Å². The lowest BCUT2D eigenvalue weighted by Crippen LogP contribution is -2.38. The number of hydrogen-bond donors (Lipinski definition) is 2. The molecule has 1 fully saturated rings. The summed E-state index contributed by atoms with van der Waals surface area (Å²) >= 11 is 6.53. The van der Waals surface area contributed by atoms with Crippen molar-refractivity contribution < 1.29 is 30.7 Å². The minimum absolute atomic E-state index is 0.0605. The number of nitrogens with zero attached hydrogens (tertiary/aromatic N) is 1. The van der Waals surface area contributed by atoms with Crippen LogP contribution in [0.5, 0.6) is 5.75 Å². The van der Waals surface area contributed by atoms with E-state index >= 15 is 0 Å². The molecule has 6 nitrogen and oxygen atoms in total. The summed E-state index contributed by atoms with van der Waals surface area (Å²) in [6.45, 7) is 1.04. The Morgan fingerprint density at radius 2 is 1.91 bits per heavy atom. The average Bonchev–Trinajstić information content (AvgIpc) is 3.19. The Labute approximate surface area is 202 Å². The third-order valence-electron chi connectivity index (χ3n) is 5.41. The van der Waals surface area contributed by atoms with Crippen molar-refractivity contribution in [1.82, 2.24) is 10.3 Å². The molecule has 2 atom stereocenters. The Bertz CT molecular complexity index is 1310. The number of thiazole rings is 1. The largest absolute Gasteiger partial charge is 0.490 e. The number of piperidine rings is 1. The molecule has 2 aromatic carbocycles. The Morgan fingerprint density at radius 3 is 2.62 bits per heavy atom. The van der Waals surface area contributed by atoms with Crippen LogP contribution in [0.4, 0.5) is 22.7 Å². The predicted molar refractivity (Wildman–Crippen MR) is 120 cm³/mol. The summed E-state index contributed by atoms with van der Waals surface area (Å²) in [5, 5.41) is 3.06. The van der Waals surface area contributed by atoms with Crippen LogP contribution in [0.3, 0.4) is 0 Å². The monoisotopic (exact) mass is 535 g/mol. The highest BCUT2D eigenvalue weighted by Gasteiger charge is 2.29. The molecule has 0 unspecified atom stereocenters. The van der Waals surface area contributed by atoms with E-state index in [4.69, 9.17) is 16.3 Å². The van der Waals surface area contributed by atoms with Crippen molar-refractivity contribution in [3.8, 4) is 5.75 Å². The molecule has 0 amide bonds. The van der Waals surface area contributed by atoms with E-state index < -0.39 is 43.9 Å². The first kappa shape index (κ1) is 24.7. The first-order chi connectivity index (χ1) is 16.1. The maximum atomic E-state index is 14.7. The molecule has 0 aliphatic carbocycles. The van der Waals surface area contributed by atoms with Crippen LogP contribution < -0.4 is 14.8 Å². The van der Waals surface area contributed by atoms with E-state index in [0.29, 0.717) is 37.2 Å². The van der Waals surface area contributed by atoms with Crippen LogP contribution in [0.1, 0.15) is 17.9 Å². The number of ether oxygens (including phenoxy) is 1. The molecule has 0 bridgehead atoms. The fraction of sp³-hybridized carbons (Fsp3) is 0.286. The van der Waals surface area contributed by atoms with Gasteiger partial charge in [-0.15, -0.1) is 0 Å². The Morgan fingerprint density at radius 1 is 1.12 bits per heavy atom. The number of nitrogens with one attached hydrogen (secondary N) is 2. The summed E-state index contributed by atoms with van der Waals surface area (Å²) < 4.78 is 88.9. The normalized spacial score (nSPS) is 18.6. The lowest BCUT2D eigenvalue weighted by molar-refractivity contribution is 0.190. The molecule has 2 N–H and O–H groups in total. The molecule has 182 valence electrons. The van der Waals surface area contributed by atoms with E-state index in [1.54, 1.807) is 0 Å². The zero-order valence-electron chi connectivity index (χ0n) is 17.3. The van der Waals surface area contributed by atoms with E-state index in [1.807, 2.05) is 4.72 Å². The van der Waals surface area contributed by atoms with Crippen LogP contribution in [-0.2, 0) is 10.0 Å². The van der Waals surface area contributed by atoms with Gasteiger partial charge in [-0.05, 0) is 36.6 Å². The second-order valence-electron chi connectivity index (χ2n) is 7.63. The van der Waals surface area contributed by atoms with Crippen LogP contribution >= 0.6 is 22.9 Å². The molecule has 13 heteroatoms. The number of aromatic nitrogens is 1. The number of benzene rings is 2. The van der Waals surface area contributed by atoms with Crippen molar-refractivity contribution in [2.75, 3.05) is 24.4 Å². The highest BCUT2D eigenvalue weighted by molar-refractivity contribution is 7.93. The zero-order valence-corrected chi connectivity index (χ0v) is 19.7. The molecule has 0 saturated carbocycles. The second kappa shape index (κ2) is 10.1. The molecule has 3 aromatic rings. The predicted octanol–water partition coefficient (Wildman–Crippen LogP) is 4.93. The Kier molecular flexibility index (Phi) is 7.31. The van der Waals surface area contributed by atoms with Gasteiger partial charge in [0.2, 0.25) is 0 Å². The summed E-state index contributed by atoms with van der Waals surface area (Å²) in [4.78, 5) is 2.81. The van der Waals surface area contributed by atoms with E-state index in [-0.39, 0.29) is 27.9 Å². The molecule has 0 radical (unpaired) electrons. The first-order valence-electron chi connectivity index (χ1n) is 10.1. The summed E-state index contributed by atoms with van der Waals surface area (Å²) in [7, 11) is -4.47. The standard InChI is InChI=1S/C21H18ClF4N3O3S2/c22-20-9-28-21(33-20)29-34(30,31)19-7-16(25)18(6-17(19)26)32-10-12-8-27-4-3-13(12)11-1-2-14(23)15(24)5-11/h1-2,5-7,9,12-13,27H,3-4,8,10H2,(H,28,29)/t12-,13-/m1/s1. The summed E-state index contributed by atoms with van der Waals surface area (Å²) in [5.74, 6) is -5.13. The first-order valence-corrected chi connectivity index (χ1v) is 12.7. The van der Waals surface area contributed by atoms with Crippen molar-refractivity contribution in [3.05, 3.63) is 69.7 Å². The molecule has 2 heterocycles. The molecule has 1 saturated heterocycles. The average molecular weight is 536 g/mol. The van der Waals surface area contributed by atoms with Crippen LogP contribution in [-0.4, -0.2) is 33.1 Å². The molecular weight excluding hydrogens is 518 g/mol. The van der Waals surface area contributed by atoms with Crippen molar-refractivity contribution >= 4 is 38.1 Å². The number of halogens is 5. The quantitative estimate of drug-likeness (QED) is 0.420. The van der Waals surface area contributed by atoms with E-state index in [0.717, 1.165) is 23.5 Å². The number of rotatable bonds is 7. The van der Waals surface area contributed by atoms with E-state index in [1.165, 1.54) is 12.3 Å². The summed E-state index contributed by atoms with van der Waals surface area (Å²) in [6, 6.07) is 4.84. The van der Waals surface area contributed by atoms with Crippen molar-refractivity contribution in [2.45, 2.75) is 17.2 Å². The van der Waals surface area contributed by atoms with Gasteiger partial charge in [0.15, 0.2) is 28.3 Å². The molecule has 34 heavy (non-hydrogen) atoms. The lowest BCUT2D eigenvalue weighted by Gasteiger charge is -2.32. The third-order valence-corrected chi connectivity index (χ3v) is 7.92. The van der Waals surface area contributed by atoms with Crippen LogP contribution in [0.15, 0.2) is 41.4 Å². The van der Waals surface area contributed by atoms with Crippen LogP contribution in [0.2, 0.25) is 4.34 Å². The summed E-state index contributed by atoms with van der Waals surface area (Å²) in [6.07, 6.45) is 1.82. The maximum absolute atomic E-state index is 14.7. The van der Waals surface area contributed by atoms with Gasteiger partial charge < -0.3 is 10.1 Å². The summed E-state index contributed by atoms with van der Waals surface area (Å²) in [5.41, 5.74) is 0.579. The van der Waals surface area contributed by atoms with Crippen molar-refractivity contribution in [3.63, 3.8) is 0 Å². The van der Waals surface area contributed by atoms with Gasteiger partial charge in [0.05, 0.1) is 12.8 Å². The van der Waals surface area contributed by atoms with Crippen LogP contribution in [0, 0.1) is 29.2 Å². The third kappa shape index (κ3) is 5.45. The fourth-order valence-corrected chi connectivity index (χ4v) is 5.90. The topological polar surface area (TPSA) is 80.3 Å². The highest BCUT2D eigenvalue weighted by Crippen LogP contribution is 2.33. The van der Waals surface area contributed by atoms with Gasteiger partial charge >= 0.3 is 0 Å². The van der Waals surface area contributed by atoms with Gasteiger partial charge in [0.1, 0.15) is 15.0 Å². The van der Waals surface area contributed by atoms with Gasteiger partial charge in [-0.1, -0.05) is 29.0 Å². The van der Waals surface area contributed by atoms with Gasteiger partial charge in [0.25, 0.3) is 10.0 Å². The lowest BCUT2D eigenvalue weighted by atomic mass is 9.81. The molecule has 1 aliphatic rings. The fourth-order valence-electron chi connectivity index (χ4n) is 3.78. The number of hydrogen-bond acceptors (Lipinski definition) is 6. The van der Waals surface area contributed by atoms with Gasteiger partial charge in [-0.25, -0.2) is 31.0 Å². The van der Waals surface area contributed by atoms with E-state index in [2.05, 4.69) is 10.3 Å². The Hall–Kier alpha value is -2.41. The SMILES string of the molecule is O=S(=O)(Nc1ncc(Cl)s1)c1cc(F)c(OC[C@H]2CNCC[C@@H]2c2ccc(F)c(F)c2)cc1F. The van der Waals surface area contributed by atoms with Crippen LogP contribution in [0.25, 0.3) is 0 Å². The minimum Gasteiger partial charge on any atom is -0.490 e. The second-order valence-corrected chi connectivity index (χ2v) is 10.9. The van der Waals surface area contributed by atoms with Gasteiger partial charge in [-0.2, -0.15) is 0 Å². The molecule has 1 aliphatic heterocycles. The molecule has 0 spiro atoms. The maximum Gasteiger partial charge on any atom is 0.266 e. The minimum atomic E-state index is -4.47. The molecule has 1 aromatic heterocycles. The highest BCUT2D eigenvalue weighted by atomic mass is 35.5. The van der Waals surface area contributed by atoms with Crippen molar-refractivity contribution in [1.29, 1.82) is 0 Å². The zero-order chi connectivity index (χ0) is 24.5. The van der Waals surface area contributed by atoms with Gasteiger partial charge in [0, 0.05) is 24.6 Å².